The number of carbonyl (C=O) groups is 4. The molecule has 0 aliphatic carbocycles. The van der Waals surface area contributed by atoms with Crippen LogP contribution in [0.5, 0.6) is 5.88 Å². The zero-order valence-corrected chi connectivity index (χ0v) is 23.5. The van der Waals surface area contributed by atoms with Crippen molar-refractivity contribution in [1.82, 2.24) is 25.0 Å². The number of methoxy groups -OCH3 is 1. The molecule has 42 heavy (non-hydrogen) atoms. The second kappa shape index (κ2) is 11.6. The average Bonchev–Trinajstić information content (AvgIpc) is 3.12. The maximum atomic E-state index is 14.3. The van der Waals surface area contributed by atoms with Gasteiger partial charge < -0.3 is 19.9 Å². The van der Waals surface area contributed by atoms with E-state index in [9.17, 15) is 36.7 Å². The maximum Gasteiger partial charge on any atom is 0.416 e. The predicted molar refractivity (Wildman–Crippen MR) is 141 cm³/mol. The van der Waals surface area contributed by atoms with E-state index in [2.05, 4.69) is 10.3 Å². The van der Waals surface area contributed by atoms with Crippen LogP contribution in [-0.2, 0) is 22.3 Å². The van der Waals surface area contributed by atoms with Crippen LogP contribution in [0.1, 0.15) is 48.2 Å². The number of hydrogen-bond acceptors (Lipinski definition) is 6. The number of likely N-dealkylation sites (N-methyl/N-ethyl adjacent to an activating group) is 1. The molecule has 226 valence electrons. The van der Waals surface area contributed by atoms with Crippen LogP contribution in [0.4, 0.5) is 22.4 Å². The summed E-state index contributed by atoms with van der Waals surface area (Å²) in [5.74, 6) is -3.34. The average molecular weight is 594 g/mol. The number of aromatic nitrogens is 1. The van der Waals surface area contributed by atoms with Gasteiger partial charge in [0.25, 0.3) is 11.8 Å². The zero-order chi connectivity index (χ0) is 31.0. The number of halogens is 4. The van der Waals surface area contributed by atoms with Gasteiger partial charge in [0.1, 0.15) is 17.4 Å². The van der Waals surface area contributed by atoms with Crippen molar-refractivity contribution in [2.24, 2.45) is 5.92 Å². The van der Waals surface area contributed by atoms with E-state index < -0.39 is 64.4 Å². The summed E-state index contributed by atoms with van der Waals surface area (Å²) in [6.07, 6.45) is -2.99. The van der Waals surface area contributed by atoms with E-state index in [1.54, 1.807) is 32.2 Å². The number of nitrogens with one attached hydrogen (secondary N) is 1. The van der Waals surface area contributed by atoms with Gasteiger partial charge in [-0.25, -0.2) is 14.2 Å². The van der Waals surface area contributed by atoms with Crippen LogP contribution in [0.15, 0.2) is 36.5 Å². The van der Waals surface area contributed by atoms with Gasteiger partial charge in [-0.2, -0.15) is 13.2 Å². The van der Waals surface area contributed by atoms with Gasteiger partial charge in [-0.05, 0) is 42.5 Å². The van der Waals surface area contributed by atoms with Gasteiger partial charge in [-0.3, -0.25) is 19.3 Å². The van der Waals surface area contributed by atoms with Gasteiger partial charge in [-0.15, -0.1) is 0 Å². The zero-order valence-electron chi connectivity index (χ0n) is 23.5. The van der Waals surface area contributed by atoms with Gasteiger partial charge in [0, 0.05) is 32.4 Å². The predicted octanol–water partition coefficient (Wildman–Crippen LogP) is 3.46. The van der Waals surface area contributed by atoms with Crippen molar-refractivity contribution in [2.45, 2.75) is 51.0 Å². The number of amides is 5. The molecule has 10 nitrogen and oxygen atoms in total. The minimum Gasteiger partial charge on any atom is -0.481 e. The number of rotatable bonds is 7. The molecule has 4 rings (SSSR count). The topological polar surface area (TPSA) is 112 Å². The minimum absolute atomic E-state index is 0.0695. The number of piperidine rings is 1. The maximum absolute atomic E-state index is 14.3. The van der Waals surface area contributed by atoms with E-state index in [0.717, 1.165) is 4.90 Å². The van der Waals surface area contributed by atoms with E-state index in [-0.39, 0.29) is 32.5 Å². The normalized spacial score (nSPS) is 17.7. The molecule has 1 spiro atoms. The first-order valence-corrected chi connectivity index (χ1v) is 13.2. The van der Waals surface area contributed by atoms with Crippen molar-refractivity contribution in [1.29, 1.82) is 0 Å². The van der Waals surface area contributed by atoms with Crippen LogP contribution in [0, 0.1) is 11.7 Å². The number of likely N-dealkylation sites (tertiary alicyclic amines) is 1. The van der Waals surface area contributed by atoms with Crippen molar-refractivity contribution in [3.8, 4) is 5.88 Å². The minimum atomic E-state index is -4.79. The number of hydrogen-bond donors (Lipinski definition) is 1. The van der Waals surface area contributed by atoms with Crippen molar-refractivity contribution < 1.29 is 41.5 Å². The third-order valence-corrected chi connectivity index (χ3v) is 7.74. The first-order chi connectivity index (χ1) is 19.7. The van der Waals surface area contributed by atoms with Gasteiger partial charge in [-0.1, -0.05) is 19.9 Å². The highest BCUT2D eigenvalue weighted by Gasteiger charge is 2.57. The molecule has 2 saturated heterocycles. The van der Waals surface area contributed by atoms with Crippen molar-refractivity contribution in [2.75, 3.05) is 27.2 Å². The standard InChI is InChI=1S/C28H31F4N5O5/c1-16(2)22(34-23(38)19-13-18(28(30,31)32)6-7-20(19)29)24(39)36-11-9-27(10-12-36)25(40)35(3)26(41)37(27)15-17-5-8-21(42-4)33-14-17/h5-8,13-14,16,22H,9-12,15H2,1-4H3,(H,34,38)/t22-/m1/s1. The molecule has 1 aromatic heterocycles. The lowest BCUT2D eigenvalue weighted by molar-refractivity contribution is -0.142. The summed E-state index contributed by atoms with van der Waals surface area (Å²) in [6, 6.07) is 3.21. The fraction of sp³-hybridized carbons (Fsp3) is 0.464. The van der Waals surface area contributed by atoms with E-state index >= 15 is 0 Å². The Balaban J connectivity index is 1.50. The molecule has 1 N–H and O–H groups in total. The smallest absolute Gasteiger partial charge is 0.416 e. The SMILES string of the molecule is COc1ccc(CN2C(=O)N(C)C(=O)C23CCN(C(=O)[C@H](NC(=O)c2cc(C(F)(F)F)ccc2F)C(C)C)CC3)cn1. The lowest BCUT2D eigenvalue weighted by atomic mass is 9.85. The number of nitrogens with zero attached hydrogens (tertiary/aromatic N) is 4. The lowest BCUT2D eigenvalue weighted by Crippen LogP contribution is -2.60. The molecule has 2 fully saturated rings. The molecule has 0 unspecified atom stereocenters. The molecular weight excluding hydrogens is 562 g/mol. The Bertz CT molecular complexity index is 1370. The molecule has 2 aliphatic heterocycles. The Morgan fingerprint density at radius 3 is 2.33 bits per heavy atom. The van der Waals surface area contributed by atoms with Gasteiger partial charge in [0.2, 0.25) is 11.8 Å². The van der Waals surface area contributed by atoms with Gasteiger partial charge in [0.05, 0.1) is 24.8 Å². The molecule has 0 radical (unpaired) electrons. The van der Waals surface area contributed by atoms with Crippen LogP contribution in [0.25, 0.3) is 0 Å². The van der Waals surface area contributed by atoms with E-state index in [1.807, 2.05) is 0 Å². The Morgan fingerprint density at radius 2 is 1.79 bits per heavy atom. The van der Waals surface area contributed by atoms with Crippen LogP contribution in [-0.4, -0.2) is 82.3 Å². The number of alkyl halides is 3. The summed E-state index contributed by atoms with van der Waals surface area (Å²) in [5.41, 5.74) is -2.55. The third-order valence-electron chi connectivity index (χ3n) is 7.74. The molecule has 1 atom stereocenters. The van der Waals surface area contributed by atoms with Gasteiger partial charge >= 0.3 is 12.2 Å². The number of urea groups is 1. The summed E-state index contributed by atoms with van der Waals surface area (Å²) in [5, 5.41) is 2.39. The quantitative estimate of drug-likeness (QED) is 0.389. The molecule has 1 aromatic carbocycles. The summed E-state index contributed by atoms with van der Waals surface area (Å²) in [4.78, 5) is 60.8. The van der Waals surface area contributed by atoms with Crippen LogP contribution < -0.4 is 10.1 Å². The molecule has 2 aliphatic rings. The molecular formula is C28H31F4N5O5. The third kappa shape index (κ3) is 5.74. The Hall–Kier alpha value is -4.23. The fourth-order valence-corrected chi connectivity index (χ4v) is 5.29. The second-order valence-electron chi connectivity index (χ2n) is 10.7. The Morgan fingerprint density at radius 1 is 1.12 bits per heavy atom. The summed E-state index contributed by atoms with van der Waals surface area (Å²) >= 11 is 0. The van der Waals surface area contributed by atoms with Crippen LogP contribution in [0.2, 0.25) is 0 Å². The summed E-state index contributed by atoms with van der Waals surface area (Å²) in [7, 11) is 2.87. The lowest BCUT2D eigenvalue weighted by Gasteiger charge is -2.43. The molecule has 2 aromatic rings. The largest absolute Gasteiger partial charge is 0.481 e. The highest BCUT2D eigenvalue weighted by Crippen LogP contribution is 2.38. The molecule has 0 bridgehead atoms. The molecule has 5 amide bonds. The van der Waals surface area contributed by atoms with Crippen molar-refractivity contribution in [3.05, 3.63) is 59.0 Å². The van der Waals surface area contributed by atoms with E-state index in [4.69, 9.17) is 4.74 Å². The van der Waals surface area contributed by atoms with Crippen LogP contribution in [0.3, 0.4) is 0 Å². The van der Waals surface area contributed by atoms with E-state index in [1.165, 1.54) is 24.0 Å². The highest BCUT2D eigenvalue weighted by molar-refractivity contribution is 6.07. The number of ether oxygens (including phenoxy) is 1. The molecule has 3 heterocycles. The van der Waals surface area contributed by atoms with Gasteiger partial charge in [0.15, 0.2) is 0 Å². The van der Waals surface area contributed by atoms with E-state index in [0.29, 0.717) is 29.6 Å². The first-order valence-electron chi connectivity index (χ1n) is 13.2. The Labute approximate surface area is 239 Å². The number of carbonyl (C=O) groups excluding carboxylic acids is 4. The first kappa shape index (κ1) is 30.7. The number of benzene rings is 1. The number of imide groups is 1. The second-order valence-corrected chi connectivity index (χ2v) is 10.7. The monoisotopic (exact) mass is 593 g/mol. The summed E-state index contributed by atoms with van der Waals surface area (Å²) < 4.78 is 58.8. The molecule has 0 saturated carbocycles. The van der Waals surface area contributed by atoms with Crippen molar-refractivity contribution >= 4 is 23.8 Å². The van der Waals surface area contributed by atoms with Crippen LogP contribution >= 0.6 is 0 Å². The number of pyridine rings is 1. The summed E-state index contributed by atoms with van der Waals surface area (Å²) in [6.45, 7) is 3.51. The van der Waals surface area contributed by atoms with Crippen molar-refractivity contribution in [3.63, 3.8) is 0 Å². The Kier molecular flexibility index (Phi) is 8.46. The molecule has 14 heteroatoms. The fourth-order valence-electron chi connectivity index (χ4n) is 5.29. The highest BCUT2D eigenvalue weighted by atomic mass is 19.4.